The molecule has 0 atom stereocenters. The molecule has 1 aromatic rings. The van der Waals surface area contributed by atoms with Gasteiger partial charge in [0.05, 0.1) is 0 Å². The summed E-state index contributed by atoms with van der Waals surface area (Å²) >= 11 is 0. The summed E-state index contributed by atoms with van der Waals surface area (Å²) < 4.78 is 24.0. The number of nitrogens with zero attached hydrogens (tertiary/aromatic N) is 1. The van der Waals surface area contributed by atoms with Gasteiger partial charge < -0.3 is 0 Å². The third kappa shape index (κ3) is 6.09. The van der Waals surface area contributed by atoms with Crippen LogP contribution in [0.15, 0.2) is 30.3 Å². The Kier molecular flexibility index (Phi) is 4.74. The summed E-state index contributed by atoms with van der Waals surface area (Å²) in [7, 11) is -5.02. The summed E-state index contributed by atoms with van der Waals surface area (Å²) in [5.41, 5.74) is 1.32. The Hall–Kier alpha value is -1.47. The third-order valence-corrected chi connectivity index (χ3v) is 1.51. The fourth-order valence-corrected chi connectivity index (χ4v) is 0.534. The highest BCUT2D eigenvalue weighted by Gasteiger charge is 2.16. The molecule has 78 valence electrons. The SMILES string of the molecule is Cc1ccccc1.O=[N+]([O-])S(=O)(=O)O. The van der Waals surface area contributed by atoms with Crippen LogP contribution in [0.25, 0.3) is 0 Å². The van der Waals surface area contributed by atoms with Gasteiger partial charge in [0.15, 0.2) is 4.33 Å². The van der Waals surface area contributed by atoms with Gasteiger partial charge in [-0.1, -0.05) is 35.9 Å². The first kappa shape index (κ1) is 12.5. The third-order valence-electron chi connectivity index (χ3n) is 1.13. The molecule has 6 nitrogen and oxygen atoms in total. The van der Waals surface area contributed by atoms with Crippen molar-refractivity contribution in [2.75, 3.05) is 0 Å². The molecule has 0 radical (unpaired) electrons. The molecule has 1 N–H and O–H groups in total. The zero-order chi connectivity index (χ0) is 11.2. The van der Waals surface area contributed by atoms with Gasteiger partial charge in [0.25, 0.3) is 0 Å². The van der Waals surface area contributed by atoms with Gasteiger partial charge in [-0.2, -0.15) is 0 Å². The first-order chi connectivity index (χ1) is 6.34. The van der Waals surface area contributed by atoms with Crippen molar-refractivity contribution < 1.29 is 17.3 Å². The average molecular weight is 219 g/mol. The van der Waals surface area contributed by atoms with Crippen molar-refractivity contribution in [3.05, 3.63) is 46.0 Å². The molecule has 0 aliphatic carbocycles. The monoisotopic (exact) mass is 219 g/mol. The Labute approximate surface area is 81.2 Å². The van der Waals surface area contributed by atoms with Gasteiger partial charge in [-0.15, -0.1) is 8.42 Å². The maximum Gasteiger partial charge on any atom is 0.563 e. The van der Waals surface area contributed by atoms with Gasteiger partial charge >= 0.3 is 10.3 Å². The van der Waals surface area contributed by atoms with Crippen molar-refractivity contribution in [3.8, 4) is 0 Å². The van der Waals surface area contributed by atoms with E-state index < -0.39 is 14.6 Å². The van der Waals surface area contributed by atoms with Crippen LogP contribution in [0.1, 0.15) is 5.56 Å². The molecule has 0 bridgehead atoms. The highest BCUT2D eigenvalue weighted by molar-refractivity contribution is 7.79. The van der Waals surface area contributed by atoms with Gasteiger partial charge in [-0.05, 0) is 6.92 Å². The molecule has 0 fully saturated rings. The van der Waals surface area contributed by atoms with Crippen LogP contribution in [0.4, 0.5) is 0 Å². The van der Waals surface area contributed by atoms with Crippen molar-refractivity contribution in [3.63, 3.8) is 0 Å². The summed E-state index contributed by atoms with van der Waals surface area (Å²) in [5, 5.41) is 8.99. The van der Waals surface area contributed by atoms with Crippen LogP contribution in [0, 0.1) is 17.0 Å². The van der Waals surface area contributed by atoms with E-state index in [1.807, 2.05) is 18.2 Å². The number of benzene rings is 1. The van der Waals surface area contributed by atoms with Crippen LogP contribution in [-0.4, -0.2) is 17.3 Å². The van der Waals surface area contributed by atoms with Crippen molar-refractivity contribution in [2.24, 2.45) is 0 Å². The molecule has 0 unspecified atom stereocenters. The lowest BCUT2D eigenvalue weighted by Crippen LogP contribution is -2.09. The van der Waals surface area contributed by atoms with Gasteiger partial charge in [-0.25, -0.2) is 14.7 Å². The minimum absolute atomic E-state index is 1.32. The molecule has 0 aliphatic heterocycles. The van der Waals surface area contributed by atoms with Crippen LogP contribution < -0.4 is 0 Å². The minimum atomic E-state index is -5.02. The van der Waals surface area contributed by atoms with Gasteiger partial charge in [0, 0.05) is 0 Å². The fraction of sp³-hybridized carbons (Fsp3) is 0.143. The molecule has 0 amide bonds. The molecular weight excluding hydrogens is 210 g/mol. The summed E-state index contributed by atoms with van der Waals surface area (Å²) in [6.45, 7) is 2.08. The van der Waals surface area contributed by atoms with E-state index in [0.29, 0.717) is 0 Å². The van der Waals surface area contributed by atoms with Crippen molar-refractivity contribution in [1.29, 1.82) is 0 Å². The predicted molar refractivity (Wildman–Crippen MR) is 49.7 cm³/mol. The van der Waals surface area contributed by atoms with E-state index in [0.717, 1.165) is 0 Å². The average Bonchev–Trinajstić information content (AvgIpc) is 2.04. The van der Waals surface area contributed by atoms with E-state index >= 15 is 0 Å². The summed E-state index contributed by atoms with van der Waals surface area (Å²) in [6.07, 6.45) is 0. The molecule has 0 aliphatic rings. The zero-order valence-corrected chi connectivity index (χ0v) is 8.14. The van der Waals surface area contributed by atoms with E-state index in [9.17, 15) is 8.42 Å². The second-order valence-corrected chi connectivity index (χ2v) is 3.52. The Morgan fingerprint density at radius 2 is 1.64 bits per heavy atom. The number of aryl methyl sites for hydroxylation is 1. The second kappa shape index (κ2) is 5.30. The lowest BCUT2D eigenvalue weighted by Gasteiger charge is -1.82. The highest BCUT2D eigenvalue weighted by atomic mass is 32.2. The van der Waals surface area contributed by atoms with Crippen LogP contribution in [0.2, 0.25) is 0 Å². The van der Waals surface area contributed by atoms with E-state index in [4.69, 9.17) is 14.7 Å². The molecule has 14 heavy (non-hydrogen) atoms. The summed E-state index contributed by atoms with van der Waals surface area (Å²) in [6, 6.07) is 10.3. The topological polar surface area (TPSA) is 97.5 Å². The highest BCUT2D eigenvalue weighted by Crippen LogP contribution is 1.92. The molecule has 0 spiro atoms. The van der Waals surface area contributed by atoms with Crippen LogP contribution in [0.3, 0.4) is 0 Å². The van der Waals surface area contributed by atoms with Crippen LogP contribution in [0.5, 0.6) is 0 Å². The number of hydrogen-bond acceptors (Lipinski definition) is 4. The quantitative estimate of drug-likeness (QED) is 0.432. The van der Waals surface area contributed by atoms with Gasteiger partial charge in [0.1, 0.15) is 0 Å². The Bertz CT molecular complexity index is 386. The fourth-order valence-electron chi connectivity index (χ4n) is 0.534. The molecule has 0 aromatic heterocycles. The number of hydrogen-bond donors (Lipinski definition) is 1. The number of nitro groups is 1. The van der Waals surface area contributed by atoms with Crippen molar-refractivity contribution >= 4 is 10.3 Å². The lowest BCUT2D eigenvalue weighted by molar-refractivity contribution is -0.316. The van der Waals surface area contributed by atoms with Gasteiger partial charge in [0.2, 0.25) is 0 Å². The second-order valence-electron chi connectivity index (χ2n) is 2.33. The molecule has 1 aromatic carbocycles. The zero-order valence-electron chi connectivity index (χ0n) is 7.32. The Morgan fingerprint density at radius 3 is 1.79 bits per heavy atom. The van der Waals surface area contributed by atoms with E-state index in [-0.39, 0.29) is 0 Å². The molecule has 7 heteroatoms. The maximum absolute atomic E-state index is 9.19. The van der Waals surface area contributed by atoms with E-state index in [1.165, 1.54) is 5.56 Å². The first-order valence-electron chi connectivity index (χ1n) is 3.47. The first-order valence-corrected chi connectivity index (χ1v) is 4.87. The van der Waals surface area contributed by atoms with E-state index in [2.05, 4.69) is 19.1 Å². The molecular formula is C7H9NO5S. The normalized spacial score (nSPS) is 9.86. The molecule has 0 heterocycles. The smallest absolute Gasteiger partial charge is 0.245 e. The lowest BCUT2D eigenvalue weighted by atomic mass is 10.2. The molecule has 0 saturated carbocycles. The Morgan fingerprint density at radius 1 is 1.29 bits per heavy atom. The number of rotatable bonds is 1. The Balaban J connectivity index is 0.000000241. The standard InChI is InChI=1S/C7H8.HNO5S/c1-7-5-3-2-4-6-7;2-1(3)7(4,5)6/h2-6H,1H3;(H,4,5,6). The van der Waals surface area contributed by atoms with Crippen LogP contribution >= 0.6 is 0 Å². The van der Waals surface area contributed by atoms with E-state index in [1.54, 1.807) is 0 Å². The predicted octanol–water partition coefficient (Wildman–Crippen LogP) is 1.06. The van der Waals surface area contributed by atoms with Crippen LogP contribution in [-0.2, 0) is 10.3 Å². The summed E-state index contributed by atoms with van der Waals surface area (Å²) in [5.74, 6) is 0. The summed E-state index contributed by atoms with van der Waals surface area (Å²) in [4.78, 5) is 8.99. The molecule has 0 saturated heterocycles. The largest absolute Gasteiger partial charge is 0.563 e. The maximum atomic E-state index is 9.19. The van der Waals surface area contributed by atoms with Crippen molar-refractivity contribution in [2.45, 2.75) is 6.92 Å². The minimum Gasteiger partial charge on any atom is -0.245 e. The van der Waals surface area contributed by atoms with Crippen molar-refractivity contribution in [1.82, 2.24) is 0 Å². The van der Waals surface area contributed by atoms with Gasteiger partial charge in [-0.3, -0.25) is 0 Å². The molecule has 1 rings (SSSR count).